The van der Waals surface area contributed by atoms with E-state index < -0.39 is 17.9 Å². The number of hydrogen-bond donors (Lipinski definition) is 3. The zero-order valence-corrected chi connectivity index (χ0v) is 10.3. The number of carbonyl (C=O) groups excluding carboxylic acids is 1. The standard InChI is InChI=1S/C12H16N2O4/c1-3-4-9(12(17)18)14-11(16)10-6-8(15)5-7(2)13-10/h5-6,9H,3-4H2,1-2H3,(H,13,15)(H,14,16)(H,17,18)/t9-/m0/s1. The maximum Gasteiger partial charge on any atom is 0.326 e. The highest BCUT2D eigenvalue weighted by Gasteiger charge is 2.20. The van der Waals surface area contributed by atoms with Crippen molar-refractivity contribution in [2.45, 2.75) is 32.7 Å². The normalized spacial score (nSPS) is 11.9. The minimum atomic E-state index is -1.08. The molecule has 0 aliphatic heterocycles. The number of hydrogen-bond acceptors (Lipinski definition) is 3. The number of carboxylic acid groups (broad SMARTS) is 1. The highest BCUT2D eigenvalue weighted by molar-refractivity contribution is 5.94. The molecular formula is C12H16N2O4. The van der Waals surface area contributed by atoms with Crippen LogP contribution in [-0.4, -0.2) is 28.0 Å². The van der Waals surface area contributed by atoms with Crippen molar-refractivity contribution in [1.29, 1.82) is 0 Å². The van der Waals surface area contributed by atoms with Crippen molar-refractivity contribution in [2.24, 2.45) is 0 Å². The van der Waals surface area contributed by atoms with Gasteiger partial charge in [0.15, 0.2) is 5.43 Å². The first kappa shape index (κ1) is 14.0. The summed E-state index contributed by atoms with van der Waals surface area (Å²) in [6.45, 7) is 3.48. The number of aromatic amines is 1. The van der Waals surface area contributed by atoms with E-state index in [-0.39, 0.29) is 11.1 Å². The van der Waals surface area contributed by atoms with E-state index in [4.69, 9.17) is 5.11 Å². The van der Waals surface area contributed by atoms with Gasteiger partial charge >= 0.3 is 5.97 Å². The van der Waals surface area contributed by atoms with Crippen LogP contribution in [0.4, 0.5) is 0 Å². The Morgan fingerprint density at radius 1 is 1.44 bits per heavy atom. The third-order valence-electron chi connectivity index (χ3n) is 2.40. The predicted molar refractivity (Wildman–Crippen MR) is 65.6 cm³/mol. The van der Waals surface area contributed by atoms with Crippen molar-refractivity contribution in [3.63, 3.8) is 0 Å². The van der Waals surface area contributed by atoms with Crippen LogP contribution in [0.5, 0.6) is 0 Å². The van der Waals surface area contributed by atoms with E-state index in [1.165, 1.54) is 6.07 Å². The van der Waals surface area contributed by atoms with Crippen molar-refractivity contribution in [3.8, 4) is 0 Å². The SMILES string of the molecule is CCC[C@H](NC(=O)c1cc(=O)cc(C)[nH]1)C(=O)O. The van der Waals surface area contributed by atoms with Gasteiger partial charge in [0.25, 0.3) is 5.91 Å². The van der Waals surface area contributed by atoms with Crippen molar-refractivity contribution in [1.82, 2.24) is 10.3 Å². The van der Waals surface area contributed by atoms with Gasteiger partial charge in [-0.3, -0.25) is 9.59 Å². The van der Waals surface area contributed by atoms with E-state index in [0.29, 0.717) is 18.5 Å². The Labute approximate surface area is 104 Å². The zero-order chi connectivity index (χ0) is 13.7. The number of aryl methyl sites for hydroxylation is 1. The second-order valence-electron chi connectivity index (χ2n) is 4.07. The number of pyridine rings is 1. The third-order valence-corrected chi connectivity index (χ3v) is 2.40. The lowest BCUT2D eigenvalue weighted by molar-refractivity contribution is -0.139. The Morgan fingerprint density at radius 2 is 2.11 bits per heavy atom. The molecule has 0 fully saturated rings. The topological polar surface area (TPSA) is 99.3 Å². The van der Waals surface area contributed by atoms with Crippen molar-refractivity contribution in [3.05, 3.63) is 33.7 Å². The molecule has 0 saturated carbocycles. The van der Waals surface area contributed by atoms with Crippen LogP contribution in [0.1, 0.15) is 35.9 Å². The molecule has 6 nitrogen and oxygen atoms in total. The van der Waals surface area contributed by atoms with Gasteiger partial charge in [-0.15, -0.1) is 0 Å². The molecule has 6 heteroatoms. The maximum absolute atomic E-state index is 11.8. The number of nitrogens with one attached hydrogen (secondary N) is 2. The summed E-state index contributed by atoms with van der Waals surface area (Å²) < 4.78 is 0. The van der Waals surface area contributed by atoms with Crippen molar-refractivity contribution >= 4 is 11.9 Å². The van der Waals surface area contributed by atoms with Crippen LogP contribution in [-0.2, 0) is 4.79 Å². The molecule has 0 radical (unpaired) electrons. The quantitative estimate of drug-likeness (QED) is 0.717. The summed E-state index contributed by atoms with van der Waals surface area (Å²) in [4.78, 5) is 36.7. The largest absolute Gasteiger partial charge is 0.480 e. The Kier molecular flexibility index (Phi) is 4.65. The second kappa shape index (κ2) is 6.00. The Hall–Kier alpha value is -2.11. The van der Waals surface area contributed by atoms with Gasteiger partial charge in [0.1, 0.15) is 11.7 Å². The van der Waals surface area contributed by atoms with Gasteiger partial charge in [-0.25, -0.2) is 4.79 Å². The molecule has 18 heavy (non-hydrogen) atoms. The first-order chi connectivity index (χ1) is 8.43. The van der Waals surface area contributed by atoms with E-state index in [9.17, 15) is 14.4 Å². The van der Waals surface area contributed by atoms with Crippen LogP contribution in [0, 0.1) is 6.92 Å². The molecule has 1 heterocycles. The number of aliphatic carboxylic acids is 1. The van der Waals surface area contributed by atoms with Crippen LogP contribution in [0.2, 0.25) is 0 Å². The van der Waals surface area contributed by atoms with Crippen LogP contribution >= 0.6 is 0 Å². The van der Waals surface area contributed by atoms with Crippen LogP contribution in [0.3, 0.4) is 0 Å². The molecule has 98 valence electrons. The molecule has 1 aromatic heterocycles. The van der Waals surface area contributed by atoms with Crippen molar-refractivity contribution in [2.75, 3.05) is 0 Å². The lowest BCUT2D eigenvalue weighted by Crippen LogP contribution is -2.41. The molecule has 1 aromatic rings. The minimum Gasteiger partial charge on any atom is -0.480 e. The average Bonchev–Trinajstić information content (AvgIpc) is 2.26. The van der Waals surface area contributed by atoms with Crippen LogP contribution in [0.25, 0.3) is 0 Å². The van der Waals surface area contributed by atoms with E-state index >= 15 is 0 Å². The summed E-state index contributed by atoms with van der Waals surface area (Å²) in [5.74, 6) is -1.67. The van der Waals surface area contributed by atoms with Gasteiger partial charge in [-0.2, -0.15) is 0 Å². The average molecular weight is 252 g/mol. The first-order valence-corrected chi connectivity index (χ1v) is 5.68. The minimum absolute atomic E-state index is 0.0716. The van der Waals surface area contributed by atoms with Gasteiger partial charge < -0.3 is 15.4 Å². The monoisotopic (exact) mass is 252 g/mol. The zero-order valence-electron chi connectivity index (χ0n) is 10.3. The molecule has 0 aromatic carbocycles. The van der Waals surface area contributed by atoms with Gasteiger partial charge in [0.2, 0.25) is 0 Å². The van der Waals surface area contributed by atoms with Gasteiger partial charge in [-0.05, 0) is 13.3 Å². The molecule has 1 atom stereocenters. The smallest absolute Gasteiger partial charge is 0.326 e. The summed E-state index contributed by atoms with van der Waals surface area (Å²) in [7, 11) is 0. The summed E-state index contributed by atoms with van der Waals surface area (Å²) in [6.07, 6.45) is 0.985. The number of H-pyrrole nitrogens is 1. The van der Waals surface area contributed by atoms with Crippen molar-refractivity contribution < 1.29 is 14.7 Å². The van der Waals surface area contributed by atoms with Crippen LogP contribution < -0.4 is 10.7 Å². The fourth-order valence-corrected chi connectivity index (χ4v) is 1.59. The molecule has 0 aliphatic carbocycles. The Morgan fingerprint density at radius 3 is 2.61 bits per heavy atom. The van der Waals surface area contributed by atoms with E-state index in [2.05, 4.69) is 10.3 Å². The van der Waals surface area contributed by atoms with E-state index in [0.717, 1.165) is 6.07 Å². The third kappa shape index (κ3) is 3.73. The summed E-state index contributed by atoms with van der Waals surface area (Å²) >= 11 is 0. The highest BCUT2D eigenvalue weighted by Crippen LogP contribution is 2.00. The molecule has 3 N–H and O–H groups in total. The summed E-state index contributed by atoms with van der Waals surface area (Å²) in [5.41, 5.74) is 0.330. The Balaban J connectivity index is 2.86. The predicted octanol–water partition coefficient (Wildman–Crippen LogP) is 0.666. The number of carbonyl (C=O) groups is 2. The fraction of sp³-hybridized carbons (Fsp3) is 0.417. The number of carboxylic acids is 1. The molecular weight excluding hydrogens is 236 g/mol. The van der Waals surface area contributed by atoms with Gasteiger partial charge in [-0.1, -0.05) is 13.3 Å². The molecule has 0 unspecified atom stereocenters. The second-order valence-corrected chi connectivity index (χ2v) is 4.07. The van der Waals surface area contributed by atoms with E-state index in [1.807, 2.05) is 6.92 Å². The Bertz CT molecular complexity index is 507. The van der Waals surface area contributed by atoms with Gasteiger partial charge in [0.05, 0.1) is 0 Å². The molecule has 0 saturated heterocycles. The number of aromatic nitrogens is 1. The molecule has 1 rings (SSSR count). The number of rotatable bonds is 5. The van der Waals surface area contributed by atoms with Gasteiger partial charge in [0, 0.05) is 17.8 Å². The molecule has 0 aliphatic rings. The molecule has 0 bridgehead atoms. The van der Waals surface area contributed by atoms with Crippen LogP contribution in [0.15, 0.2) is 16.9 Å². The molecule has 0 spiro atoms. The highest BCUT2D eigenvalue weighted by atomic mass is 16.4. The lowest BCUT2D eigenvalue weighted by atomic mass is 10.1. The summed E-state index contributed by atoms with van der Waals surface area (Å²) in [6, 6.07) is 1.57. The lowest BCUT2D eigenvalue weighted by Gasteiger charge is -2.13. The molecule has 1 amide bonds. The maximum atomic E-state index is 11.8. The first-order valence-electron chi connectivity index (χ1n) is 5.68. The summed E-state index contributed by atoms with van der Waals surface area (Å²) in [5, 5.41) is 11.3. The fourth-order valence-electron chi connectivity index (χ4n) is 1.59. The van der Waals surface area contributed by atoms with E-state index in [1.54, 1.807) is 6.92 Å². The number of amides is 1.